The molecule has 1 unspecified atom stereocenters. The summed E-state index contributed by atoms with van der Waals surface area (Å²) < 4.78 is 31.2. The lowest BCUT2D eigenvalue weighted by molar-refractivity contribution is 0.0602. The lowest BCUT2D eigenvalue weighted by Crippen LogP contribution is -2.52. The summed E-state index contributed by atoms with van der Waals surface area (Å²) in [6.45, 7) is 3.46. The van der Waals surface area contributed by atoms with Gasteiger partial charge in [0.25, 0.3) is 0 Å². The average Bonchev–Trinajstić information content (AvgIpc) is 2.88. The molecular weight excluding hydrogens is 324 g/mol. The van der Waals surface area contributed by atoms with Crippen molar-refractivity contribution in [3.05, 3.63) is 16.3 Å². The molecule has 1 atom stereocenters. The minimum absolute atomic E-state index is 0. The van der Waals surface area contributed by atoms with Gasteiger partial charge in [-0.05, 0) is 18.4 Å². The van der Waals surface area contributed by atoms with Gasteiger partial charge >= 0.3 is 5.97 Å². The molecule has 6 nitrogen and oxygen atoms in total. The first-order valence-electron chi connectivity index (χ1n) is 5.87. The van der Waals surface area contributed by atoms with Gasteiger partial charge in [0.15, 0.2) is 0 Å². The molecule has 2 rings (SSSR count). The van der Waals surface area contributed by atoms with Crippen LogP contribution in [0, 0.1) is 0 Å². The summed E-state index contributed by atoms with van der Waals surface area (Å²) in [5, 5.41) is 4.72. The topological polar surface area (TPSA) is 75.7 Å². The van der Waals surface area contributed by atoms with Crippen LogP contribution in [0.2, 0.25) is 0 Å². The Morgan fingerprint density at radius 2 is 2.25 bits per heavy atom. The molecule has 20 heavy (non-hydrogen) atoms. The molecule has 114 valence electrons. The number of halogens is 1. The number of ether oxygens (including phenoxy) is 1. The molecule has 0 spiro atoms. The Morgan fingerprint density at radius 3 is 2.85 bits per heavy atom. The molecule has 0 saturated carbocycles. The second-order valence-corrected chi connectivity index (χ2v) is 7.05. The van der Waals surface area contributed by atoms with Crippen molar-refractivity contribution in [1.82, 2.24) is 9.62 Å². The van der Waals surface area contributed by atoms with Crippen molar-refractivity contribution in [2.24, 2.45) is 0 Å². The standard InChI is InChI=1S/C11H16N2O4S2.ClH/c1-8-7-12-4-5-13(8)19(15,16)9-3-6-18-10(9)11(14)17-2;/h3,6,8,12H,4-5,7H2,1-2H3;1H. The molecule has 1 aliphatic heterocycles. The Morgan fingerprint density at radius 1 is 1.55 bits per heavy atom. The predicted molar refractivity (Wildman–Crippen MR) is 79.1 cm³/mol. The Bertz CT molecular complexity index is 573. The zero-order chi connectivity index (χ0) is 14.0. The Kier molecular flexibility index (Phi) is 5.96. The lowest BCUT2D eigenvalue weighted by Gasteiger charge is -2.32. The first-order chi connectivity index (χ1) is 8.98. The van der Waals surface area contributed by atoms with Gasteiger partial charge in [0.2, 0.25) is 10.0 Å². The highest BCUT2D eigenvalue weighted by molar-refractivity contribution is 7.89. The third-order valence-corrected chi connectivity index (χ3v) is 6.11. The van der Waals surface area contributed by atoms with E-state index in [1.165, 1.54) is 17.5 Å². The highest BCUT2D eigenvalue weighted by Crippen LogP contribution is 2.27. The van der Waals surface area contributed by atoms with Crippen LogP contribution in [0.15, 0.2) is 16.3 Å². The van der Waals surface area contributed by atoms with Gasteiger partial charge in [-0.3, -0.25) is 0 Å². The number of hydrogen-bond donors (Lipinski definition) is 1. The number of rotatable bonds is 3. The van der Waals surface area contributed by atoms with Crippen molar-refractivity contribution in [1.29, 1.82) is 0 Å². The van der Waals surface area contributed by atoms with Crippen molar-refractivity contribution < 1.29 is 17.9 Å². The van der Waals surface area contributed by atoms with Gasteiger partial charge in [0.1, 0.15) is 9.77 Å². The zero-order valence-electron chi connectivity index (χ0n) is 11.2. The van der Waals surface area contributed by atoms with Gasteiger partial charge in [-0.2, -0.15) is 4.31 Å². The van der Waals surface area contributed by atoms with Crippen molar-refractivity contribution in [2.45, 2.75) is 17.9 Å². The lowest BCUT2D eigenvalue weighted by atomic mass is 10.3. The van der Waals surface area contributed by atoms with Gasteiger partial charge in [-0.25, -0.2) is 13.2 Å². The number of esters is 1. The van der Waals surface area contributed by atoms with Crippen LogP contribution in [-0.2, 0) is 14.8 Å². The molecule has 0 aliphatic carbocycles. The van der Waals surface area contributed by atoms with Crippen molar-refractivity contribution in [2.75, 3.05) is 26.7 Å². The van der Waals surface area contributed by atoms with Crippen molar-refractivity contribution in [3.8, 4) is 0 Å². The molecule has 1 aromatic rings. The number of nitrogens with one attached hydrogen (secondary N) is 1. The quantitative estimate of drug-likeness (QED) is 0.829. The minimum Gasteiger partial charge on any atom is -0.465 e. The largest absolute Gasteiger partial charge is 0.465 e. The number of carbonyl (C=O) groups is 1. The van der Waals surface area contributed by atoms with Crippen molar-refractivity contribution in [3.63, 3.8) is 0 Å². The van der Waals surface area contributed by atoms with Crippen LogP contribution in [0.4, 0.5) is 0 Å². The molecule has 2 heterocycles. The van der Waals surface area contributed by atoms with Crippen molar-refractivity contribution >= 4 is 39.7 Å². The number of thiophene rings is 1. The first kappa shape index (κ1) is 17.4. The van der Waals surface area contributed by atoms with E-state index in [1.807, 2.05) is 6.92 Å². The third-order valence-electron chi connectivity index (χ3n) is 3.03. The van der Waals surface area contributed by atoms with E-state index < -0.39 is 16.0 Å². The van der Waals surface area contributed by atoms with Gasteiger partial charge in [0.05, 0.1) is 7.11 Å². The summed E-state index contributed by atoms with van der Waals surface area (Å²) in [6.07, 6.45) is 0. The molecule has 1 aromatic heterocycles. The van der Waals surface area contributed by atoms with Gasteiger partial charge in [-0.15, -0.1) is 23.7 Å². The fourth-order valence-electron chi connectivity index (χ4n) is 2.05. The van der Waals surface area contributed by atoms with Gasteiger partial charge in [0, 0.05) is 25.7 Å². The van der Waals surface area contributed by atoms with Crippen LogP contribution in [0.1, 0.15) is 16.6 Å². The van der Waals surface area contributed by atoms with Crippen LogP contribution in [0.5, 0.6) is 0 Å². The van der Waals surface area contributed by atoms with Crippen LogP contribution >= 0.6 is 23.7 Å². The number of piperazine rings is 1. The number of methoxy groups -OCH3 is 1. The maximum Gasteiger partial charge on any atom is 0.349 e. The van der Waals surface area contributed by atoms with E-state index in [0.717, 1.165) is 11.3 Å². The summed E-state index contributed by atoms with van der Waals surface area (Å²) in [7, 11) is -2.41. The second-order valence-electron chi connectivity index (χ2n) is 4.27. The number of nitrogens with zero attached hydrogens (tertiary/aromatic N) is 1. The molecule has 0 bridgehead atoms. The molecule has 0 radical (unpaired) electrons. The number of sulfonamides is 1. The predicted octanol–water partition coefficient (Wildman–Crippen LogP) is 0.939. The monoisotopic (exact) mass is 340 g/mol. The van der Waals surface area contributed by atoms with Gasteiger partial charge < -0.3 is 10.1 Å². The first-order valence-corrected chi connectivity index (χ1v) is 8.19. The summed E-state index contributed by atoms with van der Waals surface area (Å²) in [6, 6.07) is 1.32. The summed E-state index contributed by atoms with van der Waals surface area (Å²) in [5.41, 5.74) is 0. The van der Waals surface area contributed by atoms with E-state index in [9.17, 15) is 13.2 Å². The zero-order valence-corrected chi connectivity index (χ0v) is 13.6. The average molecular weight is 341 g/mol. The maximum atomic E-state index is 12.6. The maximum absolute atomic E-state index is 12.6. The summed E-state index contributed by atoms with van der Waals surface area (Å²) in [4.78, 5) is 11.8. The van der Waals surface area contributed by atoms with E-state index in [2.05, 4.69) is 10.1 Å². The summed E-state index contributed by atoms with van der Waals surface area (Å²) in [5.74, 6) is -0.614. The molecule has 1 fully saturated rings. The molecule has 9 heteroatoms. The Balaban J connectivity index is 0.00000200. The molecule has 1 aliphatic rings. The van der Waals surface area contributed by atoms with Crippen LogP contribution in [-0.4, -0.2) is 51.5 Å². The van der Waals surface area contributed by atoms with Crippen LogP contribution in [0.25, 0.3) is 0 Å². The SMILES string of the molecule is COC(=O)c1sccc1S(=O)(=O)N1CCNCC1C.Cl. The van der Waals surface area contributed by atoms with E-state index in [-0.39, 0.29) is 28.2 Å². The Labute approximate surface area is 128 Å². The van der Waals surface area contributed by atoms with E-state index in [4.69, 9.17) is 0 Å². The van der Waals surface area contributed by atoms with E-state index >= 15 is 0 Å². The third kappa shape index (κ3) is 3.15. The number of carbonyl (C=O) groups excluding carboxylic acids is 1. The number of hydrogen-bond acceptors (Lipinski definition) is 6. The highest BCUT2D eigenvalue weighted by Gasteiger charge is 2.34. The fourth-order valence-corrected chi connectivity index (χ4v) is 4.99. The molecule has 1 N–H and O–H groups in total. The molecule has 0 amide bonds. The Hall–Kier alpha value is -0.670. The fraction of sp³-hybridized carbons (Fsp3) is 0.545. The molecule has 1 saturated heterocycles. The van der Waals surface area contributed by atoms with E-state index in [0.29, 0.717) is 19.6 Å². The highest BCUT2D eigenvalue weighted by atomic mass is 35.5. The van der Waals surface area contributed by atoms with Crippen LogP contribution in [0.3, 0.4) is 0 Å². The normalized spacial score (nSPS) is 20.2. The van der Waals surface area contributed by atoms with E-state index in [1.54, 1.807) is 5.38 Å². The van der Waals surface area contributed by atoms with Gasteiger partial charge in [-0.1, -0.05) is 0 Å². The molecular formula is C11H17ClN2O4S2. The van der Waals surface area contributed by atoms with Crippen LogP contribution < -0.4 is 5.32 Å². The minimum atomic E-state index is -3.65. The second kappa shape index (κ2) is 6.86. The summed E-state index contributed by atoms with van der Waals surface area (Å²) >= 11 is 1.08. The smallest absolute Gasteiger partial charge is 0.349 e. The molecule has 0 aromatic carbocycles.